The van der Waals surface area contributed by atoms with E-state index < -0.39 is 0 Å². The summed E-state index contributed by atoms with van der Waals surface area (Å²) >= 11 is 0. The summed E-state index contributed by atoms with van der Waals surface area (Å²) in [6.07, 6.45) is 0. The van der Waals surface area contributed by atoms with Crippen molar-refractivity contribution in [2.24, 2.45) is 0 Å². The number of ketones is 1. The molecule has 0 N–H and O–H groups in total. The molecule has 0 fully saturated rings. The summed E-state index contributed by atoms with van der Waals surface area (Å²) in [6.45, 7) is 5.45. The fourth-order valence-corrected chi connectivity index (χ4v) is 1.30. The molecule has 0 atom stereocenters. The van der Waals surface area contributed by atoms with Crippen LogP contribution in [0.4, 0.5) is 0 Å². The van der Waals surface area contributed by atoms with Crippen molar-refractivity contribution in [3.05, 3.63) is 34.9 Å². The van der Waals surface area contributed by atoms with Crippen LogP contribution in [0.3, 0.4) is 0 Å². The predicted molar refractivity (Wildman–Crippen MR) is 44.8 cm³/mol. The van der Waals surface area contributed by atoms with Gasteiger partial charge in [-0.1, -0.05) is 19.4 Å². The van der Waals surface area contributed by atoms with E-state index in [0.29, 0.717) is 0 Å². The first-order valence-corrected chi connectivity index (χ1v) is 3.61. The molecule has 0 aromatic heterocycles. The van der Waals surface area contributed by atoms with Crippen LogP contribution in [-0.4, -0.2) is 5.78 Å². The summed E-state index contributed by atoms with van der Waals surface area (Å²) in [4.78, 5) is 11.1. The number of carbonyl (C=O) groups excluding carboxylic acids is 1. The Morgan fingerprint density at radius 1 is 1.25 bits per heavy atom. The summed E-state index contributed by atoms with van der Waals surface area (Å²) in [5.74, 6) is 0.133. The Morgan fingerprint density at radius 3 is 1.92 bits per heavy atom. The van der Waals surface area contributed by atoms with Gasteiger partial charge in [0.15, 0.2) is 0 Å². The molecule has 0 aliphatic rings. The molecule has 1 aromatic carbocycles. The second-order valence-electron chi connectivity index (χ2n) is 2.75. The van der Waals surface area contributed by atoms with Crippen molar-refractivity contribution in [3.8, 4) is 0 Å². The minimum absolute atomic E-state index is 0. The number of Topliss-reactive ketones (excluding diaryl/α,β-unsaturated/α-hetero) is 1. The van der Waals surface area contributed by atoms with E-state index in [2.05, 4.69) is 6.07 Å². The third-order valence-electron chi connectivity index (χ3n) is 1.74. The number of benzene rings is 1. The van der Waals surface area contributed by atoms with Crippen molar-refractivity contribution in [2.45, 2.75) is 20.8 Å². The Morgan fingerprint density at radius 2 is 1.67 bits per heavy atom. The maximum Gasteiger partial charge on any atom is 0.136 e. The minimum Gasteiger partial charge on any atom is -0.297 e. The van der Waals surface area contributed by atoms with Crippen LogP contribution < -0.4 is 0 Å². The Kier molecular flexibility index (Phi) is 4.41. The van der Waals surface area contributed by atoms with Crippen LogP contribution >= 0.6 is 0 Å². The SMILES string of the molecule is CC(=O)c1c(C)c[c-]cc1C.[Mo]. The second kappa shape index (κ2) is 4.57. The predicted octanol–water partition coefficient (Wildman–Crippen LogP) is 2.30. The Labute approximate surface area is 87.4 Å². The molecule has 64 valence electrons. The average molecular weight is 243 g/mol. The maximum atomic E-state index is 11.1. The number of hydrogen-bond acceptors (Lipinski definition) is 1. The van der Waals surface area contributed by atoms with E-state index in [-0.39, 0.29) is 26.8 Å². The monoisotopic (exact) mass is 245 g/mol. The maximum absolute atomic E-state index is 11.1. The van der Waals surface area contributed by atoms with Gasteiger partial charge in [-0.15, -0.1) is 11.1 Å². The zero-order chi connectivity index (χ0) is 8.43. The minimum atomic E-state index is 0. The van der Waals surface area contributed by atoms with Gasteiger partial charge < -0.3 is 0 Å². The van der Waals surface area contributed by atoms with Crippen LogP contribution in [0.5, 0.6) is 0 Å². The van der Waals surface area contributed by atoms with Crippen molar-refractivity contribution in [2.75, 3.05) is 0 Å². The summed E-state index contributed by atoms with van der Waals surface area (Å²) in [6, 6.07) is 6.65. The number of carbonyl (C=O) groups is 1. The third-order valence-corrected chi connectivity index (χ3v) is 1.74. The first kappa shape index (κ1) is 11.6. The Bertz CT molecular complexity index is 272. The van der Waals surface area contributed by atoms with Gasteiger partial charge in [0, 0.05) is 21.1 Å². The molecular formula is C10H11MoO-. The Balaban J connectivity index is 0.00000121. The van der Waals surface area contributed by atoms with Gasteiger partial charge in [-0.05, 0) is 6.92 Å². The molecule has 0 spiro atoms. The van der Waals surface area contributed by atoms with Crippen LogP contribution in [-0.2, 0) is 21.1 Å². The number of hydrogen-bond donors (Lipinski definition) is 0. The van der Waals surface area contributed by atoms with Crippen molar-refractivity contribution < 1.29 is 25.9 Å². The standard InChI is InChI=1S/C10H11O.Mo/c1-7-5-4-6-8(2)10(7)9(3)11;/h5-6H,1-3H3;/q-1;. The van der Waals surface area contributed by atoms with E-state index in [1.54, 1.807) is 6.92 Å². The molecule has 0 aliphatic carbocycles. The molecule has 2 heteroatoms. The fraction of sp³-hybridized carbons (Fsp3) is 0.300. The van der Waals surface area contributed by atoms with Gasteiger partial charge in [-0.25, -0.2) is 0 Å². The molecule has 0 amide bonds. The molecule has 1 rings (SSSR count). The van der Waals surface area contributed by atoms with Crippen molar-refractivity contribution in [1.82, 2.24) is 0 Å². The van der Waals surface area contributed by atoms with Gasteiger partial charge in [-0.2, -0.15) is 18.2 Å². The van der Waals surface area contributed by atoms with E-state index in [0.717, 1.165) is 16.7 Å². The first-order chi connectivity index (χ1) is 5.13. The third kappa shape index (κ3) is 2.28. The quantitative estimate of drug-likeness (QED) is 0.420. The first-order valence-electron chi connectivity index (χ1n) is 3.61. The second-order valence-corrected chi connectivity index (χ2v) is 2.75. The molecule has 0 unspecified atom stereocenters. The Hall–Kier alpha value is -0.422. The van der Waals surface area contributed by atoms with Gasteiger partial charge in [-0.3, -0.25) is 4.79 Å². The normalized spacial score (nSPS) is 8.92. The summed E-state index contributed by atoms with van der Waals surface area (Å²) in [5.41, 5.74) is 2.86. The fourth-order valence-electron chi connectivity index (χ4n) is 1.30. The van der Waals surface area contributed by atoms with Crippen LogP contribution in [0, 0.1) is 19.9 Å². The van der Waals surface area contributed by atoms with Gasteiger partial charge in [0.2, 0.25) is 0 Å². The van der Waals surface area contributed by atoms with Gasteiger partial charge in [0.1, 0.15) is 5.78 Å². The van der Waals surface area contributed by atoms with E-state index in [1.165, 1.54) is 0 Å². The number of aryl methyl sites for hydroxylation is 2. The van der Waals surface area contributed by atoms with Crippen molar-refractivity contribution in [1.29, 1.82) is 0 Å². The van der Waals surface area contributed by atoms with Crippen LogP contribution in [0.15, 0.2) is 12.1 Å². The molecule has 1 aromatic rings. The van der Waals surface area contributed by atoms with Crippen LogP contribution in [0.2, 0.25) is 0 Å². The molecular weight excluding hydrogens is 232 g/mol. The van der Waals surface area contributed by atoms with Gasteiger partial charge in [0.25, 0.3) is 0 Å². The molecule has 0 saturated carbocycles. The molecule has 1 nitrogen and oxygen atoms in total. The number of rotatable bonds is 1. The molecule has 0 heterocycles. The zero-order valence-electron chi connectivity index (χ0n) is 7.47. The molecule has 0 saturated heterocycles. The molecule has 12 heavy (non-hydrogen) atoms. The summed E-state index contributed by atoms with van der Waals surface area (Å²) in [7, 11) is 0. The van der Waals surface area contributed by atoms with Gasteiger partial charge >= 0.3 is 0 Å². The van der Waals surface area contributed by atoms with E-state index in [9.17, 15) is 4.79 Å². The summed E-state index contributed by atoms with van der Waals surface area (Å²) < 4.78 is 0. The van der Waals surface area contributed by atoms with Crippen molar-refractivity contribution in [3.63, 3.8) is 0 Å². The van der Waals surface area contributed by atoms with E-state index in [4.69, 9.17) is 0 Å². The van der Waals surface area contributed by atoms with Gasteiger partial charge in [0.05, 0.1) is 0 Å². The summed E-state index contributed by atoms with van der Waals surface area (Å²) in [5, 5.41) is 0. The van der Waals surface area contributed by atoms with E-state index >= 15 is 0 Å². The zero-order valence-corrected chi connectivity index (χ0v) is 9.48. The molecule has 0 radical (unpaired) electrons. The molecule has 0 bridgehead atoms. The van der Waals surface area contributed by atoms with Crippen molar-refractivity contribution >= 4 is 5.78 Å². The van der Waals surface area contributed by atoms with Crippen LogP contribution in [0.1, 0.15) is 28.4 Å². The van der Waals surface area contributed by atoms with Crippen LogP contribution in [0.25, 0.3) is 0 Å². The molecule has 0 aliphatic heterocycles. The smallest absolute Gasteiger partial charge is 0.136 e. The topological polar surface area (TPSA) is 17.1 Å². The largest absolute Gasteiger partial charge is 0.297 e. The average Bonchev–Trinajstić information content (AvgIpc) is 1.85. The van der Waals surface area contributed by atoms with E-state index in [1.807, 2.05) is 26.0 Å².